The minimum absolute atomic E-state index is 0.0220. The highest BCUT2D eigenvalue weighted by atomic mass is 35.5. The Morgan fingerprint density at radius 2 is 2.11 bits per heavy atom. The number of carbonyl (C=O) groups is 1. The first kappa shape index (κ1) is 13.1. The van der Waals surface area contributed by atoms with Gasteiger partial charge in [-0.05, 0) is 30.7 Å². The van der Waals surface area contributed by atoms with Gasteiger partial charge in [-0.15, -0.1) is 11.3 Å². The zero-order valence-electron chi connectivity index (χ0n) is 9.79. The van der Waals surface area contributed by atoms with Crippen LogP contribution >= 0.6 is 22.9 Å². The molecule has 0 saturated heterocycles. The Morgan fingerprint density at radius 3 is 2.61 bits per heavy atom. The summed E-state index contributed by atoms with van der Waals surface area (Å²) >= 11 is 7.05. The van der Waals surface area contributed by atoms with Gasteiger partial charge in [0.15, 0.2) is 0 Å². The van der Waals surface area contributed by atoms with E-state index < -0.39 is 5.82 Å². The molecule has 0 spiro atoms. The van der Waals surface area contributed by atoms with Gasteiger partial charge in [-0.25, -0.2) is 4.39 Å². The van der Waals surface area contributed by atoms with Crippen molar-refractivity contribution in [2.45, 2.75) is 6.92 Å². The van der Waals surface area contributed by atoms with Crippen LogP contribution in [0.2, 0.25) is 4.34 Å². The van der Waals surface area contributed by atoms with Gasteiger partial charge in [0, 0.05) is 6.07 Å². The Morgan fingerprint density at radius 1 is 1.39 bits per heavy atom. The van der Waals surface area contributed by atoms with Gasteiger partial charge < -0.3 is 4.74 Å². The van der Waals surface area contributed by atoms with Gasteiger partial charge in [-0.3, -0.25) is 4.79 Å². The van der Waals surface area contributed by atoms with Gasteiger partial charge in [0.25, 0.3) is 0 Å². The molecule has 5 heteroatoms. The van der Waals surface area contributed by atoms with Crippen LogP contribution < -0.4 is 4.74 Å². The lowest BCUT2D eigenvalue weighted by atomic mass is 10.1. The van der Waals surface area contributed by atoms with E-state index in [2.05, 4.69) is 0 Å². The molecule has 94 valence electrons. The predicted molar refractivity (Wildman–Crippen MR) is 70.5 cm³/mol. The molecule has 0 aliphatic carbocycles. The van der Waals surface area contributed by atoms with Gasteiger partial charge in [-0.1, -0.05) is 11.6 Å². The third-order valence-corrected chi connectivity index (χ3v) is 4.06. The van der Waals surface area contributed by atoms with Crippen LogP contribution in [0.1, 0.15) is 20.8 Å². The van der Waals surface area contributed by atoms with E-state index in [0.29, 0.717) is 15.0 Å². The molecule has 1 heterocycles. The molecule has 1 aromatic heterocycles. The van der Waals surface area contributed by atoms with Crippen molar-refractivity contribution >= 4 is 28.7 Å². The van der Waals surface area contributed by atoms with E-state index in [0.717, 1.165) is 16.9 Å². The average molecular weight is 285 g/mol. The zero-order valence-corrected chi connectivity index (χ0v) is 11.4. The smallest absolute Gasteiger partial charge is 0.205 e. The Balaban J connectivity index is 2.40. The van der Waals surface area contributed by atoms with E-state index in [1.54, 1.807) is 19.1 Å². The molecule has 1 aromatic carbocycles. The fourth-order valence-electron chi connectivity index (χ4n) is 1.51. The third-order valence-electron chi connectivity index (χ3n) is 2.50. The number of hydrogen-bond donors (Lipinski definition) is 0. The molecule has 2 nitrogen and oxygen atoms in total. The summed E-state index contributed by atoms with van der Waals surface area (Å²) in [6.45, 7) is 1.81. The first-order chi connectivity index (χ1) is 8.52. The molecule has 0 fully saturated rings. The normalized spacial score (nSPS) is 10.4. The topological polar surface area (TPSA) is 26.3 Å². The molecule has 0 saturated carbocycles. The number of hydrogen-bond acceptors (Lipinski definition) is 3. The van der Waals surface area contributed by atoms with Crippen LogP contribution in [0.5, 0.6) is 5.75 Å². The highest BCUT2D eigenvalue weighted by Gasteiger charge is 2.17. The lowest BCUT2D eigenvalue weighted by molar-refractivity contribution is 0.103. The van der Waals surface area contributed by atoms with E-state index in [1.807, 2.05) is 0 Å². The molecular weight excluding hydrogens is 275 g/mol. The summed E-state index contributed by atoms with van der Waals surface area (Å²) < 4.78 is 19.2. The van der Waals surface area contributed by atoms with E-state index in [1.165, 1.54) is 19.2 Å². The lowest BCUT2D eigenvalue weighted by Crippen LogP contribution is -2.02. The van der Waals surface area contributed by atoms with Gasteiger partial charge in [0.2, 0.25) is 5.78 Å². The van der Waals surface area contributed by atoms with Crippen LogP contribution in [0.3, 0.4) is 0 Å². The molecule has 2 aromatic rings. The van der Waals surface area contributed by atoms with E-state index in [4.69, 9.17) is 16.3 Å². The fourth-order valence-corrected chi connectivity index (χ4v) is 2.67. The lowest BCUT2D eigenvalue weighted by Gasteiger charge is -2.03. The van der Waals surface area contributed by atoms with E-state index in [9.17, 15) is 9.18 Å². The maximum Gasteiger partial charge on any atom is 0.205 e. The fraction of sp³-hybridized carbons (Fsp3) is 0.154. The Kier molecular flexibility index (Phi) is 3.68. The van der Waals surface area contributed by atoms with Crippen molar-refractivity contribution in [3.8, 4) is 5.75 Å². The minimum Gasteiger partial charge on any atom is -0.497 e. The largest absolute Gasteiger partial charge is 0.497 e. The van der Waals surface area contributed by atoms with Crippen molar-refractivity contribution in [3.05, 3.63) is 50.4 Å². The number of halogens is 2. The zero-order chi connectivity index (χ0) is 13.3. The molecule has 0 aliphatic rings. The number of rotatable bonds is 3. The maximum absolute atomic E-state index is 13.8. The minimum atomic E-state index is -0.596. The van der Waals surface area contributed by atoms with Gasteiger partial charge in [-0.2, -0.15) is 0 Å². The van der Waals surface area contributed by atoms with Gasteiger partial charge >= 0.3 is 0 Å². The predicted octanol–water partition coefficient (Wildman–Crippen LogP) is 4.09. The van der Waals surface area contributed by atoms with Crippen molar-refractivity contribution < 1.29 is 13.9 Å². The van der Waals surface area contributed by atoms with Gasteiger partial charge in [0.05, 0.1) is 21.9 Å². The number of methoxy groups -OCH3 is 1. The first-order valence-corrected chi connectivity index (χ1v) is 6.36. The monoisotopic (exact) mass is 284 g/mol. The summed E-state index contributed by atoms with van der Waals surface area (Å²) in [7, 11) is 1.44. The number of aryl methyl sites for hydroxylation is 1. The number of benzene rings is 1. The standard InChI is InChI=1S/C13H10ClFO2S/c1-7-5-11(18-13(7)14)12(16)9-4-3-8(17-2)6-10(9)15/h3-6H,1-2H3. The van der Waals surface area contributed by atoms with Crippen molar-refractivity contribution in [2.75, 3.05) is 7.11 Å². The Hall–Kier alpha value is -1.39. The molecule has 0 unspecified atom stereocenters. The van der Waals surface area contributed by atoms with Crippen LogP contribution in [-0.2, 0) is 0 Å². The maximum atomic E-state index is 13.8. The van der Waals surface area contributed by atoms with Crippen LogP contribution in [-0.4, -0.2) is 12.9 Å². The quantitative estimate of drug-likeness (QED) is 0.794. The highest BCUT2D eigenvalue weighted by molar-refractivity contribution is 7.18. The summed E-state index contributed by atoms with van der Waals surface area (Å²) in [5.41, 5.74) is 0.840. The third kappa shape index (κ3) is 2.40. The molecule has 0 atom stereocenters. The summed E-state index contributed by atoms with van der Waals surface area (Å²) in [5.74, 6) is -0.582. The molecule has 0 bridgehead atoms. The second kappa shape index (κ2) is 5.08. The summed E-state index contributed by atoms with van der Waals surface area (Å²) in [5, 5.41) is 0. The second-order valence-electron chi connectivity index (χ2n) is 3.74. The molecule has 18 heavy (non-hydrogen) atoms. The van der Waals surface area contributed by atoms with Gasteiger partial charge in [0.1, 0.15) is 11.6 Å². The van der Waals surface area contributed by atoms with Crippen molar-refractivity contribution in [3.63, 3.8) is 0 Å². The first-order valence-electron chi connectivity index (χ1n) is 5.17. The number of ketones is 1. The van der Waals surface area contributed by atoms with Crippen molar-refractivity contribution in [1.82, 2.24) is 0 Å². The highest BCUT2D eigenvalue weighted by Crippen LogP contribution is 2.29. The van der Waals surface area contributed by atoms with Crippen LogP contribution in [0.4, 0.5) is 4.39 Å². The SMILES string of the molecule is COc1ccc(C(=O)c2cc(C)c(Cl)s2)c(F)c1. The van der Waals surface area contributed by atoms with Crippen molar-refractivity contribution in [2.24, 2.45) is 0 Å². The summed E-state index contributed by atoms with van der Waals surface area (Å²) in [6, 6.07) is 5.83. The second-order valence-corrected chi connectivity index (χ2v) is 5.40. The Labute approximate surface area is 113 Å². The number of thiophene rings is 1. The summed E-state index contributed by atoms with van der Waals surface area (Å²) in [6.07, 6.45) is 0. The summed E-state index contributed by atoms with van der Waals surface area (Å²) in [4.78, 5) is 12.5. The van der Waals surface area contributed by atoms with Crippen LogP contribution in [0.15, 0.2) is 24.3 Å². The van der Waals surface area contributed by atoms with Crippen molar-refractivity contribution in [1.29, 1.82) is 0 Å². The Bertz CT molecular complexity index is 588. The van der Waals surface area contributed by atoms with E-state index >= 15 is 0 Å². The molecule has 2 rings (SSSR count). The van der Waals surface area contributed by atoms with E-state index in [-0.39, 0.29) is 11.3 Å². The molecule has 0 radical (unpaired) electrons. The number of ether oxygens (including phenoxy) is 1. The molecular formula is C13H10ClFO2S. The number of carbonyl (C=O) groups excluding carboxylic acids is 1. The molecule has 0 N–H and O–H groups in total. The average Bonchev–Trinajstić information content (AvgIpc) is 2.68. The molecule has 0 amide bonds. The van der Waals surface area contributed by atoms with Crippen LogP contribution in [0.25, 0.3) is 0 Å². The van der Waals surface area contributed by atoms with Crippen LogP contribution in [0, 0.1) is 12.7 Å². The molecule has 0 aliphatic heterocycles.